The Morgan fingerprint density at radius 3 is 2.60 bits per heavy atom. The first-order chi connectivity index (χ1) is 7.12. The first-order valence-electron chi connectivity index (χ1n) is 4.55. The lowest BCUT2D eigenvalue weighted by Crippen LogP contribution is -2.24. The van der Waals surface area contributed by atoms with Crippen molar-refractivity contribution in [1.29, 1.82) is 0 Å². The van der Waals surface area contributed by atoms with Crippen LogP contribution >= 0.6 is 15.9 Å². The second-order valence-corrected chi connectivity index (χ2v) is 5.93. The summed E-state index contributed by atoms with van der Waals surface area (Å²) in [5.41, 5.74) is 0. The molecule has 1 heterocycles. The molecule has 0 saturated carbocycles. The molecule has 3 nitrogen and oxygen atoms in total. The van der Waals surface area contributed by atoms with E-state index in [-0.39, 0.29) is 0 Å². The third kappa shape index (κ3) is 1.94. The molecule has 5 heteroatoms. The number of nitrogens with zero attached hydrogens (tertiary/aromatic N) is 1. The Labute approximate surface area is 97.6 Å². The first-order valence-corrected chi connectivity index (χ1v) is 6.79. The van der Waals surface area contributed by atoms with Gasteiger partial charge in [-0.25, -0.2) is 8.42 Å². The van der Waals surface area contributed by atoms with Crippen LogP contribution in [0.25, 0.3) is 0 Å². The first kappa shape index (κ1) is 10.7. The van der Waals surface area contributed by atoms with Crippen molar-refractivity contribution in [2.24, 2.45) is 0 Å². The number of benzene rings is 1. The van der Waals surface area contributed by atoms with Gasteiger partial charge in [0, 0.05) is 17.2 Å². The number of hydrogen-bond donors (Lipinski definition) is 0. The largest absolute Gasteiger partial charge is 0.273 e. The van der Waals surface area contributed by atoms with E-state index in [9.17, 15) is 8.42 Å². The minimum atomic E-state index is -3.37. The van der Waals surface area contributed by atoms with E-state index in [1.54, 1.807) is 30.5 Å². The predicted molar refractivity (Wildman–Crippen MR) is 61.8 cm³/mol. The summed E-state index contributed by atoms with van der Waals surface area (Å²) >= 11 is 3.25. The van der Waals surface area contributed by atoms with E-state index in [1.807, 2.05) is 6.08 Å². The molecule has 0 N–H and O–H groups in total. The van der Waals surface area contributed by atoms with Crippen molar-refractivity contribution in [3.63, 3.8) is 0 Å². The molecule has 0 atom stereocenters. The lowest BCUT2D eigenvalue weighted by atomic mass is 10.4. The molecule has 0 aliphatic carbocycles. The van der Waals surface area contributed by atoms with Crippen molar-refractivity contribution in [3.05, 3.63) is 41.0 Å². The van der Waals surface area contributed by atoms with Crippen molar-refractivity contribution < 1.29 is 8.42 Å². The molecule has 1 aliphatic rings. The smallest absolute Gasteiger partial charge is 0.264 e. The second kappa shape index (κ2) is 3.98. The van der Waals surface area contributed by atoms with Gasteiger partial charge in [-0.3, -0.25) is 4.31 Å². The molecule has 0 bridgehead atoms. The number of sulfonamides is 1. The minimum absolute atomic E-state index is 0.316. The van der Waals surface area contributed by atoms with Crippen LogP contribution in [0.1, 0.15) is 6.42 Å². The summed E-state index contributed by atoms with van der Waals surface area (Å²) in [6, 6.07) is 6.85. The predicted octanol–water partition coefficient (Wildman–Crippen LogP) is 2.36. The number of rotatable bonds is 2. The lowest BCUT2D eigenvalue weighted by Gasteiger charge is -2.16. The van der Waals surface area contributed by atoms with Gasteiger partial charge in [0.1, 0.15) is 4.90 Å². The van der Waals surface area contributed by atoms with E-state index in [0.29, 0.717) is 15.9 Å². The Morgan fingerprint density at radius 2 is 2.00 bits per heavy atom. The fraction of sp³-hybridized carbons (Fsp3) is 0.200. The van der Waals surface area contributed by atoms with Gasteiger partial charge in [0.25, 0.3) is 10.0 Å². The quantitative estimate of drug-likeness (QED) is 0.837. The summed E-state index contributed by atoms with van der Waals surface area (Å²) in [5, 5.41) is 0. The molecular formula is C10H10BrNO2S. The lowest BCUT2D eigenvalue weighted by molar-refractivity contribution is 0.516. The molecule has 0 spiro atoms. The third-order valence-corrected chi connectivity index (χ3v) is 5.00. The summed E-state index contributed by atoms with van der Waals surface area (Å²) in [4.78, 5) is 0.316. The van der Waals surface area contributed by atoms with Gasteiger partial charge in [-0.1, -0.05) is 18.2 Å². The van der Waals surface area contributed by atoms with E-state index >= 15 is 0 Å². The summed E-state index contributed by atoms with van der Waals surface area (Å²) < 4.78 is 26.2. The molecule has 0 saturated heterocycles. The van der Waals surface area contributed by atoms with Crippen molar-refractivity contribution in [2.45, 2.75) is 11.3 Å². The summed E-state index contributed by atoms with van der Waals surface area (Å²) in [7, 11) is -3.37. The number of hydrogen-bond acceptors (Lipinski definition) is 2. The highest BCUT2D eigenvalue weighted by Gasteiger charge is 2.24. The number of halogens is 1. The zero-order valence-corrected chi connectivity index (χ0v) is 10.3. The maximum absolute atomic E-state index is 12.1. The highest BCUT2D eigenvalue weighted by molar-refractivity contribution is 9.10. The van der Waals surface area contributed by atoms with Crippen molar-refractivity contribution in [3.8, 4) is 0 Å². The normalized spacial score (nSPS) is 15.9. The molecule has 0 unspecified atom stereocenters. The maximum Gasteiger partial charge on any atom is 0.264 e. The second-order valence-electron chi connectivity index (χ2n) is 3.22. The van der Waals surface area contributed by atoms with Crippen LogP contribution in [0.5, 0.6) is 0 Å². The van der Waals surface area contributed by atoms with E-state index < -0.39 is 10.0 Å². The molecule has 0 aromatic heterocycles. The Balaban J connectivity index is 2.46. The fourth-order valence-corrected chi connectivity index (χ4v) is 3.76. The molecule has 1 aromatic carbocycles. The Kier molecular flexibility index (Phi) is 2.84. The Bertz CT molecular complexity index is 496. The van der Waals surface area contributed by atoms with Crippen LogP contribution in [0, 0.1) is 0 Å². The van der Waals surface area contributed by atoms with Crippen LogP contribution in [0.2, 0.25) is 0 Å². The van der Waals surface area contributed by atoms with Crippen LogP contribution in [0.4, 0.5) is 0 Å². The monoisotopic (exact) mass is 287 g/mol. The Morgan fingerprint density at radius 1 is 1.27 bits per heavy atom. The molecule has 1 aliphatic heterocycles. The zero-order chi connectivity index (χ0) is 10.9. The van der Waals surface area contributed by atoms with Crippen molar-refractivity contribution >= 4 is 26.0 Å². The van der Waals surface area contributed by atoms with Crippen LogP contribution in [-0.4, -0.2) is 19.3 Å². The fourth-order valence-electron chi connectivity index (χ4n) is 1.45. The maximum atomic E-state index is 12.1. The van der Waals surface area contributed by atoms with Gasteiger partial charge in [0.05, 0.1) is 0 Å². The average molecular weight is 288 g/mol. The Hall–Kier alpha value is -0.810. The van der Waals surface area contributed by atoms with Gasteiger partial charge in [0.2, 0.25) is 0 Å². The molecule has 1 aromatic rings. The van der Waals surface area contributed by atoms with E-state index in [2.05, 4.69) is 15.9 Å². The van der Waals surface area contributed by atoms with Crippen molar-refractivity contribution in [2.75, 3.05) is 6.54 Å². The summed E-state index contributed by atoms with van der Waals surface area (Å²) in [6.07, 6.45) is 4.26. The molecule has 0 fully saturated rings. The van der Waals surface area contributed by atoms with E-state index in [1.165, 1.54) is 4.31 Å². The zero-order valence-electron chi connectivity index (χ0n) is 7.93. The molecule has 15 heavy (non-hydrogen) atoms. The van der Waals surface area contributed by atoms with Gasteiger partial charge < -0.3 is 0 Å². The van der Waals surface area contributed by atoms with Crippen molar-refractivity contribution in [1.82, 2.24) is 4.31 Å². The average Bonchev–Trinajstić information content (AvgIpc) is 2.71. The van der Waals surface area contributed by atoms with Crippen LogP contribution in [0.3, 0.4) is 0 Å². The standard InChI is InChI=1S/C10H10BrNO2S/c11-9-5-1-2-6-10(9)15(13,14)12-7-3-4-8-12/h1-3,5-7H,4,8H2. The highest BCUT2D eigenvalue weighted by Crippen LogP contribution is 2.26. The topological polar surface area (TPSA) is 37.4 Å². The molecule has 0 amide bonds. The molecular weight excluding hydrogens is 278 g/mol. The highest BCUT2D eigenvalue weighted by atomic mass is 79.9. The molecule has 2 rings (SSSR count). The summed E-state index contributed by atoms with van der Waals surface area (Å²) in [6.45, 7) is 0.531. The van der Waals surface area contributed by atoms with Crippen LogP contribution in [-0.2, 0) is 10.0 Å². The van der Waals surface area contributed by atoms with Crippen LogP contribution < -0.4 is 0 Å². The van der Waals surface area contributed by atoms with Gasteiger partial charge in [0.15, 0.2) is 0 Å². The molecule has 80 valence electrons. The van der Waals surface area contributed by atoms with Gasteiger partial charge in [-0.05, 0) is 34.5 Å². The van der Waals surface area contributed by atoms with E-state index in [0.717, 1.165) is 6.42 Å². The van der Waals surface area contributed by atoms with Crippen LogP contribution in [0.15, 0.2) is 45.9 Å². The third-order valence-electron chi connectivity index (χ3n) is 2.21. The van der Waals surface area contributed by atoms with E-state index in [4.69, 9.17) is 0 Å². The minimum Gasteiger partial charge on any atom is -0.273 e. The van der Waals surface area contributed by atoms with Gasteiger partial charge >= 0.3 is 0 Å². The summed E-state index contributed by atoms with van der Waals surface area (Å²) in [5.74, 6) is 0. The molecule has 0 radical (unpaired) electrons. The SMILES string of the molecule is O=S(=O)(c1ccccc1Br)N1C=CCC1. The van der Waals surface area contributed by atoms with Gasteiger partial charge in [-0.2, -0.15) is 0 Å². The van der Waals surface area contributed by atoms with Gasteiger partial charge in [-0.15, -0.1) is 0 Å².